The number of esters is 1. The molecular formula is C16H26N2O3. The molecule has 0 spiro atoms. The van der Waals surface area contributed by atoms with Gasteiger partial charge in [0, 0.05) is 6.54 Å². The molecule has 2 N–H and O–H groups in total. The molecule has 118 valence electrons. The molecule has 1 heterocycles. The number of nitrogens with two attached hydrogens (primary N) is 1. The third-order valence-corrected chi connectivity index (χ3v) is 4.76. The molecule has 0 aromatic carbocycles. The summed E-state index contributed by atoms with van der Waals surface area (Å²) in [6, 6.07) is -0.488. The van der Waals surface area contributed by atoms with Crippen LogP contribution in [-0.4, -0.2) is 36.1 Å². The van der Waals surface area contributed by atoms with Gasteiger partial charge in [0.2, 0.25) is 0 Å². The maximum absolute atomic E-state index is 12.3. The molecule has 0 aromatic rings. The number of nitrogens with zero attached hydrogens (tertiary/aromatic N) is 1. The number of primary amides is 1. The lowest BCUT2D eigenvalue weighted by Gasteiger charge is -2.22. The minimum Gasteiger partial charge on any atom is -0.463 e. The van der Waals surface area contributed by atoms with Gasteiger partial charge < -0.3 is 15.4 Å². The van der Waals surface area contributed by atoms with Crippen molar-refractivity contribution in [1.29, 1.82) is 0 Å². The lowest BCUT2D eigenvalue weighted by Crippen LogP contribution is -2.42. The van der Waals surface area contributed by atoms with Crippen LogP contribution in [0.5, 0.6) is 0 Å². The SMILES string of the molecule is CC(C)=C[C@@H]1[C@H](C(=O)OC[C@H]2CCCN2C(N)=O)C1(C)C. The van der Waals surface area contributed by atoms with Crippen LogP contribution in [0.4, 0.5) is 4.79 Å². The Morgan fingerprint density at radius 1 is 1.38 bits per heavy atom. The van der Waals surface area contributed by atoms with Gasteiger partial charge in [-0.2, -0.15) is 0 Å². The summed E-state index contributed by atoms with van der Waals surface area (Å²) in [7, 11) is 0. The first-order valence-electron chi connectivity index (χ1n) is 7.63. The number of amides is 2. The van der Waals surface area contributed by atoms with Crippen LogP contribution in [0.3, 0.4) is 0 Å². The first-order chi connectivity index (χ1) is 9.75. The molecule has 0 unspecified atom stereocenters. The van der Waals surface area contributed by atoms with Gasteiger partial charge in [-0.3, -0.25) is 4.79 Å². The molecular weight excluding hydrogens is 268 g/mol. The highest BCUT2D eigenvalue weighted by molar-refractivity contribution is 5.78. The minimum atomic E-state index is -0.428. The summed E-state index contributed by atoms with van der Waals surface area (Å²) in [5.41, 5.74) is 6.51. The first-order valence-corrected chi connectivity index (χ1v) is 7.63. The second-order valence-electron chi connectivity index (χ2n) is 7.03. The van der Waals surface area contributed by atoms with Crippen molar-refractivity contribution < 1.29 is 14.3 Å². The Bertz CT molecular complexity index is 466. The molecule has 1 aliphatic carbocycles. The second kappa shape index (κ2) is 5.70. The number of hydrogen-bond donors (Lipinski definition) is 1. The Morgan fingerprint density at radius 2 is 2.05 bits per heavy atom. The Morgan fingerprint density at radius 3 is 2.62 bits per heavy atom. The molecule has 1 saturated carbocycles. The highest BCUT2D eigenvalue weighted by Crippen LogP contribution is 2.59. The van der Waals surface area contributed by atoms with Crippen LogP contribution in [0.25, 0.3) is 0 Å². The van der Waals surface area contributed by atoms with E-state index in [4.69, 9.17) is 10.5 Å². The maximum atomic E-state index is 12.3. The Hall–Kier alpha value is -1.52. The molecule has 5 nitrogen and oxygen atoms in total. The average molecular weight is 294 g/mol. The van der Waals surface area contributed by atoms with Gasteiger partial charge in [-0.05, 0) is 38.0 Å². The Kier molecular flexibility index (Phi) is 4.30. The zero-order valence-corrected chi connectivity index (χ0v) is 13.4. The van der Waals surface area contributed by atoms with E-state index in [1.54, 1.807) is 4.90 Å². The van der Waals surface area contributed by atoms with Gasteiger partial charge in [0.25, 0.3) is 0 Å². The Labute approximate surface area is 126 Å². The monoisotopic (exact) mass is 294 g/mol. The van der Waals surface area contributed by atoms with Gasteiger partial charge in [-0.15, -0.1) is 0 Å². The maximum Gasteiger partial charge on any atom is 0.315 e. The van der Waals surface area contributed by atoms with Crippen molar-refractivity contribution in [1.82, 2.24) is 4.90 Å². The van der Waals surface area contributed by atoms with Gasteiger partial charge in [-0.25, -0.2) is 4.79 Å². The summed E-state index contributed by atoms with van der Waals surface area (Å²) in [5.74, 6) is 0.0282. The van der Waals surface area contributed by atoms with Gasteiger partial charge in [0.1, 0.15) is 6.61 Å². The number of carbonyl (C=O) groups is 2. The van der Waals surface area contributed by atoms with Gasteiger partial charge in [-0.1, -0.05) is 25.5 Å². The van der Waals surface area contributed by atoms with Crippen molar-refractivity contribution in [3.05, 3.63) is 11.6 Å². The molecule has 2 aliphatic rings. The fourth-order valence-corrected chi connectivity index (χ4v) is 3.37. The van der Waals surface area contributed by atoms with Crippen LogP contribution in [0, 0.1) is 17.3 Å². The first kappa shape index (κ1) is 15.9. The summed E-state index contributed by atoms with van der Waals surface area (Å²) in [4.78, 5) is 25.1. The average Bonchev–Trinajstić information content (AvgIpc) is 2.77. The summed E-state index contributed by atoms with van der Waals surface area (Å²) in [5, 5.41) is 0. The van der Waals surface area contributed by atoms with E-state index in [0.29, 0.717) is 6.54 Å². The summed E-state index contributed by atoms with van der Waals surface area (Å²) >= 11 is 0. The van der Waals surface area contributed by atoms with Crippen LogP contribution >= 0.6 is 0 Å². The van der Waals surface area contributed by atoms with E-state index in [-0.39, 0.29) is 35.9 Å². The summed E-state index contributed by atoms with van der Waals surface area (Å²) < 4.78 is 5.46. The van der Waals surface area contributed by atoms with Crippen LogP contribution < -0.4 is 5.73 Å². The predicted octanol–water partition coefficient (Wildman–Crippen LogP) is 2.31. The summed E-state index contributed by atoms with van der Waals surface area (Å²) in [6.07, 6.45) is 3.92. The number of carbonyl (C=O) groups excluding carboxylic acids is 2. The second-order valence-corrected chi connectivity index (χ2v) is 7.03. The number of likely N-dealkylation sites (tertiary alicyclic amines) is 1. The van der Waals surface area contributed by atoms with E-state index in [1.165, 1.54) is 5.57 Å². The molecule has 0 radical (unpaired) electrons. The topological polar surface area (TPSA) is 72.6 Å². The van der Waals surface area contributed by atoms with E-state index in [9.17, 15) is 9.59 Å². The predicted molar refractivity (Wildman–Crippen MR) is 80.5 cm³/mol. The quantitative estimate of drug-likeness (QED) is 0.639. The van der Waals surface area contributed by atoms with Crippen LogP contribution in [0.2, 0.25) is 0 Å². The van der Waals surface area contributed by atoms with Crippen molar-refractivity contribution in [3.63, 3.8) is 0 Å². The minimum absolute atomic E-state index is 0.0343. The molecule has 21 heavy (non-hydrogen) atoms. The third kappa shape index (κ3) is 3.22. The van der Waals surface area contributed by atoms with Crippen molar-refractivity contribution in [2.45, 2.75) is 46.6 Å². The van der Waals surface area contributed by atoms with Gasteiger partial charge in [0.05, 0.1) is 12.0 Å². The molecule has 1 aliphatic heterocycles. The molecule has 2 amide bonds. The van der Waals surface area contributed by atoms with E-state index in [0.717, 1.165) is 12.8 Å². The van der Waals surface area contributed by atoms with E-state index in [1.807, 2.05) is 13.8 Å². The van der Waals surface area contributed by atoms with Crippen molar-refractivity contribution in [2.24, 2.45) is 23.0 Å². The number of hydrogen-bond acceptors (Lipinski definition) is 3. The van der Waals surface area contributed by atoms with E-state index < -0.39 is 6.03 Å². The molecule has 5 heteroatoms. The van der Waals surface area contributed by atoms with Crippen molar-refractivity contribution in [2.75, 3.05) is 13.2 Å². The largest absolute Gasteiger partial charge is 0.463 e. The highest BCUT2D eigenvalue weighted by Gasteiger charge is 2.61. The van der Waals surface area contributed by atoms with Crippen molar-refractivity contribution >= 4 is 12.0 Å². The number of rotatable bonds is 4. The summed E-state index contributed by atoms with van der Waals surface area (Å²) in [6.45, 7) is 9.19. The lowest BCUT2D eigenvalue weighted by atomic mass is 10.1. The molecule has 0 bridgehead atoms. The Balaban J connectivity index is 1.88. The van der Waals surface area contributed by atoms with Gasteiger partial charge >= 0.3 is 12.0 Å². The van der Waals surface area contributed by atoms with E-state index in [2.05, 4.69) is 19.9 Å². The fourth-order valence-electron chi connectivity index (χ4n) is 3.37. The normalized spacial score (nSPS) is 29.9. The molecule has 2 rings (SSSR count). The third-order valence-electron chi connectivity index (χ3n) is 4.76. The van der Waals surface area contributed by atoms with Crippen molar-refractivity contribution in [3.8, 4) is 0 Å². The molecule has 0 aromatic heterocycles. The van der Waals surface area contributed by atoms with Crippen LogP contribution in [-0.2, 0) is 9.53 Å². The number of allylic oxidation sites excluding steroid dienone is 2. The number of urea groups is 1. The molecule has 2 fully saturated rings. The zero-order chi connectivity index (χ0) is 15.8. The smallest absolute Gasteiger partial charge is 0.315 e. The molecule has 3 atom stereocenters. The standard InChI is InChI=1S/C16H26N2O3/c1-10(2)8-12-13(16(12,3)4)14(19)21-9-11-6-5-7-18(11)15(17)20/h8,11-13H,5-7,9H2,1-4H3,(H2,17,20)/t11-,12-,13-/m1/s1. The molecule has 1 saturated heterocycles. The van der Waals surface area contributed by atoms with Gasteiger partial charge in [0.15, 0.2) is 0 Å². The van der Waals surface area contributed by atoms with E-state index >= 15 is 0 Å². The van der Waals surface area contributed by atoms with Crippen LogP contribution in [0.15, 0.2) is 11.6 Å². The van der Waals surface area contributed by atoms with Crippen LogP contribution in [0.1, 0.15) is 40.5 Å². The highest BCUT2D eigenvalue weighted by atomic mass is 16.5. The number of ether oxygens (including phenoxy) is 1. The lowest BCUT2D eigenvalue weighted by molar-refractivity contribution is -0.147. The fraction of sp³-hybridized carbons (Fsp3) is 0.750. The zero-order valence-electron chi connectivity index (χ0n) is 13.4.